The second-order valence-electron chi connectivity index (χ2n) is 12.7. The van der Waals surface area contributed by atoms with Gasteiger partial charge in [0.05, 0.1) is 9.85 Å². The highest BCUT2D eigenvalue weighted by Gasteiger charge is 2.32. The Balaban J connectivity index is 0.000000262. The molecule has 4 aromatic rings. The maximum atomic E-state index is 13.1. The topological polar surface area (TPSA) is 194 Å². The van der Waals surface area contributed by atoms with Crippen molar-refractivity contribution in [2.45, 2.75) is 33.3 Å². The zero-order valence-corrected chi connectivity index (χ0v) is 31.4. The number of carbonyl (C=O) groups is 3. The number of hydrogen-bond acceptors (Lipinski definition) is 8. The van der Waals surface area contributed by atoms with Crippen molar-refractivity contribution in [3.63, 3.8) is 0 Å². The minimum absolute atomic E-state index is 0.105. The fourth-order valence-corrected chi connectivity index (χ4v) is 5.50. The minimum Gasteiger partial charge on any atom is -0.330 e. The zero-order chi connectivity index (χ0) is 43.9. The first-order chi connectivity index (χ1) is 27.9. The summed E-state index contributed by atoms with van der Waals surface area (Å²) in [6, 6.07) is 19.7. The molecule has 2 heterocycles. The number of carbonyl (C=O) groups excluding carboxylic acids is 3. The Kier molecular flexibility index (Phi) is 16.1. The SMILES string of the molecule is CCC1CN(C(=O)Nc2cc(-c3ccc(F)cc3)ccc2[N+](=O)[O-])C1.NCC1CN(C(=O)Nc2cc(-c3ccc(F)cc3)ccc2[N+](=O)[O-])C1.O=CC(F)(F)F.[2H]CC. The van der Waals surface area contributed by atoms with E-state index in [-0.39, 0.29) is 46.3 Å². The molecule has 4 N–H and O–H groups in total. The molecule has 19 heteroatoms. The van der Waals surface area contributed by atoms with E-state index in [0.29, 0.717) is 67.8 Å². The molecule has 0 aliphatic carbocycles. The van der Waals surface area contributed by atoms with Crippen LogP contribution in [0.2, 0.25) is 0 Å². The lowest BCUT2D eigenvalue weighted by Crippen LogP contribution is -2.54. The molecule has 4 amide bonds. The van der Waals surface area contributed by atoms with Crippen LogP contribution in [0, 0.1) is 43.7 Å². The standard InChI is InChI=1S/C18H18FN3O3.C17H17FN4O3.C2HF3O.C2H6/c1-2-12-10-21(11-12)18(23)20-16-9-14(5-8-17(16)22(24)25)13-3-6-15(19)7-4-13;18-14-4-1-12(2-5-14)13-3-6-16(22(24)25)15(7-13)20-17(23)21-9-11(8-19)10-21;3-2(4,5)1-6;1-2/h3-9,12H,2,10-11H2,1H3,(H,20,23);1-7,11H,8-10,19H2,(H,20,23);1H;1-2H3/i;;;1D. The number of aldehydes is 1. The summed E-state index contributed by atoms with van der Waals surface area (Å²) in [5, 5.41) is 27.7. The Bertz CT molecular complexity index is 1930. The molecule has 0 spiro atoms. The number of benzene rings is 4. The number of nitro groups is 2. The normalized spacial score (nSPS) is 13.6. The summed E-state index contributed by atoms with van der Waals surface area (Å²) in [6.07, 6.45) is -4.70. The Morgan fingerprint density at radius 1 is 0.759 bits per heavy atom. The molecule has 14 nitrogen and oxygen atoms in total. The maximum absolute atomic E-state index is 13.1. The number of hydrogen-bond donors (Lipinski definition) is 3. The van der Waals surface area contributed by atoms with Gasteiger partial charge in [-0.2, -0.15) is 13.2 Å². The van der Waals surface area contributed by atoms with E-state index in [1.54, 1.807) is 59.2 Å². The highest BCUT2D eigenvalue weighted by Crippen LogP contribution is 2.33. The summed E-state index contributed by atoms with van der Waals surface area (Å²) in [6.45, 7) is 7.25. The predicted molar refractivity (Wildman–Crippen MR) is 208 cm³/mol. The number of nitrogens with zero attached hydrogens (tertiary/aromatic N) is 4. The number of amides is 4. The molecule has 0 radical (unpaired) electrons. The molecule has 6 rings (SSSR count). The van der Waals surface area contributed by atoms with E-state index >= 15 is 0 Å². The number of alkyl halides is 3. The Hall–Kier alpha value is -6.50. The summed E-state index contributed by atoms with van der Waals surface area (Å²) >= 11 is 0. The lowest BCUT2D eigenvalue weighted by molar-refractivity contribution is -0.384. The largest absolute Gasteiger partial charge is 0.446 e. The molecule has 2 saturated heterocycles. The average molecular weight is 817 g/mol. The number of halogens is 5. The number of urea groups is 2. The van der Waals surface area contributed by atoms with Crippen molar-refractivity contribution < 1.29 is 47.6 Å². The van der Waals surface area contributed by atoms with Crippen LogP contribution in [-0.4, -0.2) is 76.9 Å². The smallest absolute Gasteiger partial charge is 0.330 e. The van der Waals surface area contributed by atoms with Crippen molar-refractivity contribution in [3.8, 4) is 22.3 Å². The molecule has 0 unspecified atom stereocenters. The molecule has 0 aromatic heterocycles. The number of anilines is 2. The number of nitrogens with one attached hydrogen (secondary N) is 2. The first-order valence-electron chi connectivity index (χ1n) is 18.4. The van der Waals surface area contributed by atoms with E-state index in [1.165, 1.54) is 42.5 Å². The van der Waals surface area contributed by atoms with Gasteiger partial charge in [-0.15, -0.1) is 0 Å². The van der Waals surface area contributed by atoms with Crippen LogP contribution < -0.4 is 16.4 Å². The van der Waals surface area contributed by atoms with Gasteiger partial charge < -0.3 is 26.2 Å². The fraction of sp³-hybridized carbons (Fsp3) is 0.308. The minimum atomic E-state index is -4.64. The average Bonchev–Trinajstić information content (AvgIpc) is 3.15. The van der Waals surface area contributed by atoms with Gasteiger partial charge in [0.15, 0.2) is 0 Å². The summed E-state index contributed by atoms with van der Waals surface area (Å²) in [7, 11) is 0. The molecule has 2 fully saturated rings. The van der Waals surface area contributed by atoms with Crippen LogP contribution in [0.1, 0.15) is 28.5 Å². The van der Waals surface area contributed by atoms with Gasteiger partial charge in [0.25, 0.3) is 11.4 Å². The molecule has 0 bridgehead atoms. The fourth-order valence-electron chi connectivity index (χ4n) is 5.50. The third kappa shape index (κ3) is 13.0. The van der Waals surface area contributed by atoms with Gasteiger partial charge in [0.2, 0.25) is 6.29 Å². The Labute approximate surface area is 331 Å². The van der Waals surface area contributed by atoms with Crippen LogP contribution >= 0.6 is 0 Å². The van der Waals surface area contributed by atoms with Crippen LogP contribution in [0.5, 0.6) is 0 Å². The van der Waals surface area contributed by atoms with E-state index < -0.39 is 28.3 Å². The summed E-state index contributed by atoms with van der Waals surface area (Å²) in [5.74, 6) is 0.0337. The van der Waals surface area contributed by atoms with Gasteiger partial charge in [-0.3, -0.25) is 25.0 Å². The number of nitro benzene ring substituents is 2. The van der Waals surface area contributed by atoms with Crippen LogP contribution in [-0.2, 0) is 4.79 Å². The number of rotatable bonds is 8. The van der Waals surface area contributed by atoms with Crippen LogP contribution in [0.25, 0.3) is 22.3 Å². The highest BCUT2D eigenvalue weighted by atomic mass is 19.4. The van der Waals surface area contributed by atoms with Crippen molar-refractivity contribution in [1.29, 1.82) is 0 Å². The van der Waals surface area contributed by atoms with E-state index in [1.807, 2.05) is 0 Å². The highest BCUT2D eigenvalue weighted by molar-refractivity contribution is 5.94. The monoisotopic (exact) mass is 816 g/mol. The summed E-state index contributed by atoms with van der Waals surface area (Å²) in [4.78, 5) is 57.7. The first kappa shape index (κ1) is 44.2. The third-order valence-electron chi connectivity index (χ3n) is 8.76. The third-order valence-corrected chi connectivity index (χ3v) is 8.76. The van der Waals surface area contributed by atoms with E-state index in [4.69, 9.17) is 11.9 Å². The van der Waals surface area contributed by atoms with Gasteiger partial charge in [0.1, 0.15) is 23.0 Å². The molecule has 0 saturated carbocycles. The predicted octanol–water partition coefficient (Wildman–Crippen LogP) is 8.87. The Morgan fingerprint density at radius 3 is 1.38 bits per heavy atom. The summed E-state index contributed by atoms with van der Waals surface area (Å²) < 4.78 is 63.6. The molecule has 0 atom stereocenters. The Morgan fingerprint density at radius 2 is 1.09 bits per heavy atom. The van der Waals surface area contributed by atoms with Gasteiger partial charge in [0, 0.05) is 45.6 Å². The van der Waals surface area contributed by atoms with E-state index in [0.717, 1.165) is 6.42 Å². The van der Waals surface area contributed by atoms with Gasteiger partial charge in [-0.05, 0) is 89.7 Å². The quantitative estimate of drug-likeness (QED) is 0.0679. The van der Waals surface area contributed by atoms with Crippen molar-refractivity contribution in [2.24, 2.45) is 17.6 Å². The van der Waals surface area contributed by atoms with Crippen LogP contribution in [0.3, 0.4) is 0 Å². The van der Waals surface area contributed by atoms with Crippen LogP contribution in [0.4, 0.5) is 54.3 Å². The van der Waals surface area contributed by atoms with E-state index in [2.05, 4.69) is 17.6 Å². The number of nitrogens with two attached hydrogens (primary N) is 1. The summed E-state index contributed by atoms with van der Waals surface area (Å²) in [5.41, 5.74) is 8.11. The van der Waals surface area contributed by atoms with Gasteiger partial charge in [-0.1, -0.05) is 45.0 Å². The molecular weight excluding hydrogens is 773 g/mol. The zero-order valence-electron chi connectivity index (χ0n) is 32.4. The second kappa shape index (κ2) is 21.1. The first-order valence-corrected chi connectivity index (χ1v) is 17.7. The molecule has 4 aromatic carbocycles. The van der Waals surface area contributed by atoms with E-state index in [9.17, 15) is 51.8 Å². The lowest BCUT2D eigenvalue weighted by Gasteiger charge is -2.38. The number of likely N-dealkylation sites (tertiary alicyclic amines) is 2. The van der Waals surface area contributed by atoms with Crippen LogP contribution in [0.15, 0.2) is 84.9 Å². The molecule has 310 valence electrons. The maximum Gasteiger partial charge on any atom is 0.446 e. The molecule has 2 aliphatic heterocycles. The van der Waals surface area contributed by atoms with Gasteiger partial charge in [-0.25, -0.2) is 18.4 Å². The van der Waals surface area contributed by atoms with Crippen molar-refractivity contribution in [3.05, 3.63) is 117 Å². The van der Waals surface area contributed by atoms with Crippen molar-refractivity contribution in [2.75, 3.05) is 43.4 Å². The molecule has 2 aliphatic rings. The second-order valence-corrected chi connectivity index (χ2v) is 12.7. The van der Waals surface area contributed by atoms with Gasteiger partial charge >= 0.3 is 18.2 Å². The molecular formula is C39H42F5N7O7. The van der Waals surface area contributed by atoms with Crippen molar-refractivity contribution in [1.82, 2.24) is 9.80 Å². The lowest BCUT2D eigenvalue weighted by atomic mass is 9.98. The molecule has 58 heavy (non-hydrogen) atoms. The van der Waals surface area contributed by atoms with Crippen molar-refractivity contribution >= 4 is 41.1 Å².